The van der Waals surface area contributed by atoms with Crippen LogP contribution in [0.1, 0.15) is 11.1 Å². The van der Waals surface area contributed by atoms with Gasteiger partial charge in [0.1, 0.15) is 0 Å². The standard InChI is InChI=1S/C15H15N5/c1-11-4-6-17-10-14(11)18-8-13-9-19-20-15(13)12-3-2-5-16-7-12/h2-7,9-10,18H,8H2,1H3,(H,19,20). The van der Waals surface area contributed by atoms with Crippen molar-refractivity contribution in [3.63, 3.8) is 0 Å². The Labute approximate surface area is 117 Å². The molecule has 3 aromatic heterocycles. The minimum Gasteiger partial charge on any atom is -0.379 e. The summed E-state index contributed by atoms with van der Waals surface area (Å²) in [5, 5.41) is 10.5. The Balaban J connectivity index is 1.80. The Morgan fingerprint density at radius 3 is 2.80 bits per heavy atom. The first-order valence-corrected chi connectivity index (χ1v) is 6.42. The number of H-pyrrole nitrogens is 1. The quantitative estimate of drug-likeness (QED) is 0.761. The van der Waals surface area contributed by atoms with Crippen LogP contribution in [-0.4, -0.2) is 20.2 Å². The Bertz CT molecular complexity index is 690. The van der Waals surface area contributed by atoms with Crippen LogP contribution in [0, 0.1) is 6.92 Å². The first-order chi connectivity index (χ1) is 9.84. The molecule has 0 amide bonds. The highest BCUT2D eigenvalue weighted by Gasteiger charge is 2.08. The van der Waals surface area contributed by atoms with E-state index in [0.29, 0.717) is 6.54 Å². The van der Waals surface area contributed by atoms with E-state index in [2.05, 4.69) is 32.4 Å². The van der Waals surface area contributed by atoms with Gasteiger partial charge in [0, 0.05) is 36.3 Å². The summed E-state index contributed by atoms with van der Waals surface area (Å²) >= 11 is 0. The van der Waals surface area contributed by atoms with Gasteiger partial charge in [-0.3, -0.25) is 15.1 Å². The highest BCUT2D eigenvalue weighted by Crippen LogP contribution is 2.21. The van der Waals surface area contributed by atoms with Crippen LogP contribution in [0.5, 0.6) is 0 Å². The van der Waals surface area contributed by atoms with Gasteiger partial charge in [-0.1, -0.05) is 0 Å². The summed E-state index contributed by atoms with van der Waals surface area (Å²) < 4.78 is 0. The predicted octanol–water partition coefficient (Wildman–Crippen LogP) is 2.79. The molecule has 0 aliphatic rings. The van der Waals surface area contributed by atoms with Crippen molar-refractivity contribution in [3.05, 3.63) is 60.3 Å². The molecule has 0 unspecified atom stereocenters. The minimum absolute atomic E-state index is 0.688. The SMILES string of the molecule is Cc1ccncc1NCc1cn[nH]c1-c1cccnc1. The fourth-order valence-corrected chi connectivity index (χ4v) is 2.05. The van der Waals surface area contributed by atoms with E-state index in [9.17, 15) is 0 Å². The molecule has 0 aromatic carbocycles. The zero-order valence-electron chi connectivity index (χ0n) is 11.2. The Morgan fingerprint density at radius 2 is 2.00 bits per heavy atom. The molecule has 0 fully saturated rings. The maximum absolute atomic E-state index is 4.14. The van der Waals surface area contributed by atoms with Gasteiger partial charge in [-0.15, -0.1) is 0 Å². The molecule has 0 spiro atoms. The number of nitrogens with zero attached hydrogens (tertiary/aromatic N) is 3. The number of hydrogen-bond donors (Lipinski definition) is 2. The molecule has 0 aliphatic heterocycles. The number of aromatic amines is 1. The zero-order chi connectivity index (χ0) is 13.8. The third kappa shape index (κ3) is 2.51. The second-order valence-electron chi connectivity index (χ2n) is 4.56. The third-order valence-electron chi connectivity index (χ3n) is 3.18. The normalized spacial score (nSPS) is 10.4. The lowest BCUT2D eigenvalue weighted by Gasteiger charge is -2.08. The van der Waals surface area contributed by atoms with Gasteiger partial charge in [-0.05, 0) is 30.7 Å². The van der Waals surface area contributed by atoms with Gasteiger partial charge in [0.15, 0.2) is 0 Å². The van der Waals surface area contributed by atoms with Gasteiger partial charge in [0.25, 0.3) is 0 Å². The van der Waals surface area contributed by atoms with Crippen molar-refractivity contribution in [1.29, 1.82) is 0 Å². The molecule has 20 heavy (non-hydrogen) atoms. The molecule has 0 atom stereocenters. The number of hydrogen-bond acceptors (Lipinski definition) is 4. The van der Waals surface area contributed by atoms with Crippen LogP contribution in [0.3, 0.4) is 0 Å². The highest BCUT2D eigenvalue weighted by molar-refractivity contribution is 5.62. The average Bonchev–Trinajstić information content (AvgIpc) is 2.96. The van der Waals surface area contributed by atoms with Crippen molar-refractivity contribution >= 4 is 5.69 Å². The third-order valence-corrected chi connectivity index (χ3v) is 3.18. The van der Waals surface area contributed by atoms with E-state index < -0.39 is 0 Å². The van der Waals surface area contributed by atoms with Crippen LogP contribution >= 0.6 is 0 Å². The van der Waals surface area contributed by atoms with Crippen LogP contribution in [0.25, 0.3) is 11.3 Å². The molecule has 0 bridgehead atoms. The lowest BCUT2D eigenvalue weighted by Crippen LogP contribution is -2.02. The Morgan fingerprint density at radius 1 is 1.10 bits per heavy atom. The Kier molecular flexibility index (Phi) is 3.41. The minimum atomic E-state index is 0.688. The molecule has 5 heteroatoms. The van der Waals surface area contributed by atoms with E-state index in [1.807, 2.05) is 36.8 Å². The second-order valence-corrected chi connectivity index (χ2v) is 4.56. The molecule has 0 aliphatic carbocycles. The molecular formula is C15H15N5. The van der Waals surface area contributed by atoms with Gasteiger partial charge in [-0.25, -0.2) is 0 Å². The molecular weight excluding hydrogens is 250 g/mol. The van der Waals surface area contributed by atoms with Crippen molar-refractivity contribution in [2.24, 2.45) is 0 Å². The maximum atomic E-state index is 4.14. The molecule has 0 saturated carbocycles. The van der Waals surface area contributed by atoms with Crippen LogP contribution in [-0.2, 0) is 6.54 Å². The largest absolute Gasteiger partial charge is 0.379 e. The topological polar surface area (TPSA) is 66.5 Å². The summed E-state index contributed by atoms with van der Waals surface area (Å²) in [6.45, 7) is 2.74. The van der Waals surface area contributed by atoms with E-state index in [0.717, 1.165) is 22.5 Å². The van der Waals surface area contributed by atoms with Crippen LogP contribution in [0.15, 0.2) is 49.2 Å². The van der Waals surface area contributed by atoms with Crippen molar-refractivity contribution < 1.29 is 0 Å². The van der Waals surface area contributed by atoms with Crippen LogP contribution in [0.4, 0.5) is 5.69 Å². The molecule has 0 saturated heterocycles. The number of aryl methyl sites for hydroxylation is 1. The number of aromatic nitrogens is 4. The number of anilines is 1. The molecule has 2 N–H and O–H groups in total. The first-order valence-electron chi connectivity index (χ1n) is 6.42. The van der Waals surface area contributed by atoms with Crippen molar-refractivity contribution in [1.82, 2.24) is 20.2 Å². The lowest BCUT2D eigenvalue weighted by atomic mass is 10.1. The van der Waals surface area contributed by atoms with Crippen molar-refractivity contribution in [2.45, 2.75) is 13.5 Å². The van der Waals surface area contributed by atoms with Gasteiger partial charge in [0.2, 0.25) is 0 Å². The molecule has 3 heterocycles. The smallest absolute Gasteiger partial charge is 0.0715 e. The van der Waals surface area contributed by atoms with Gasteiger partial charge >= 0.3 is 0 Å². The van der Waals surface area contributed by atoms with Gasteiger partial charge in [0.05, 0.1) is 23.8 Å². The Hall–Kier alpha value is -2.69. The zero-order valence-corrected chi connectivity index (χ0v) is 11.2. The number of pyridine rings is 2. The van der Waals surface area contributed by atoms with E-state index in [4.69, 9.17) is 0 Å². The lowest BCUT2D eigenvalue weighted by molar-refractivity contribution is 1.09. The number of nitrogens with one attached hydrogen (secondary N) is 2. The molecule has 3 aromatic rings. The van der Waals surface area contributed by atoms with E-state index in [1.54, 1.807) is 12.4 Å². The van der Waals surface area contributed by atoms with Crippen LogP contribution < -0.4 is 5.32 Å². The summed E-state index contributed by atoms with van der Waals surface area (Å²) in [5.74, 6) is 0. The molecule has 3 rings (SSSR count). The van der Waals surface area contributed by atoms with Crippen LogP contribution in [0.2, 0.25) is 0 Å². The van der Waals surface area contributed by atoms with E-state index >= 15 is 0 Å². The van der Waals surface area contributed by atoms with Crippen molar-refractivity contribution in [3.8, 4) is 11.3 Å². The predicted molar refractivity (Wildman–Crippen MR) is 78.1 cm³/mol. The summed E-state index contributed by atoms with van der Waals surface area (Å²) in [5.41, 5.74) is 5.33. The summed E-state index contributed by atoms with van der Waals surface area (Å²) in [6, 6.07) is 5.91. The summed E-state index contributed by atoms with van der Waals surface area (Å²) in [6.07, 6.45) is 9.04. The molecule has 100 valence electrons. The fourth-order valence-electron chi connectivity index (χ4n) is 2.05. The van der Waals surface area contributed by atoms with E-state index in [-0.39, 0.29) is 0 Å². The average molecular weight is 265 g/mol. The summed E-state index contributed by atoms with van der Waals surface area (Å²) in [7, 11) is 0. The molecule has 0 radical (unpaired) electrons. The fraction of sp³-hybridized carbons (Fsp3) is 0.133. The van der Waals surface area contributed by atoms with E-state index in [1.165, 1.54) is 5.56 Å². The highest BCUT2D eigenvalue weighted by atomic mass is 15.1. The molecule has 5 nitrogen and oxygen atoms in total. The van der Waals surface area contributed by atoms with Gasteiger partial charge < -0.3 is 5.32 Å². The second kappa shape index (κ2) is 5.52. The monoisotopic (exact) mass is 265 g/mol. The first kappa shape index (κ1) is 12.3. The maximum Gasteiger partial charge on any atom is 0.0715 e. The number of rotatable bonds is 4. The summed E-state index contributed by atoms with van der Waals surface area (Å²) in [4.78, 5) is 8.27. The van der Waals surface area contributed by atoms with Gasteiger partial charge in [-0.2, -0.15) is 5.10 Å². The van der Waals surface area contributed by atoms with Crippen molar-refractivity contribution in [2.75, 3.05) is 5.32 Å².